The van der Waals surface area contributed by atoms with Crippen LogP contribution in [0, 0.1) is 0 Å². The van der Waals surface area contributed by atoms with Crippen LogP contribution in [0.4, 0.5) is 5.69 Å². The van der Waals surface area contributed by atoms with E-state index in [1.807, 2.05) is 66.9 Å². The van der Waals surface area contributed by atoms with Crippen molar-refractivity contribution < 1.29 is 9.53 Å². The molecule has 0 fully saturated rings. The molecule has 0 aliphatic rings. The number of ether oxygens (including phenoxy) is 1. The highest BCUT2D eigenvalue weighted by Gasteiger charge is 2.18. The minimum Gasteiger partial charge on any atom is -0.487 e. The van der Waals surface area contributed by atoms with Crippen molar-refractivity contribution in [3.8, 4) is 5.75 Å². The van der Waals surface area contributed by atoms with Crippen LogP contribution in [0.3, 0.4) is 0 Å². The average Bonchev–Trinajstić information content (AvgIpc) is 3.05. The van der Waals surface area contributed by atoms with E-state index in [4.69, 9.17) is 4.74 Å². The van der Waals surface area contributed by atoms with E-state index in [2.05, 4.69) is 10.3 Å². The SMILES string of the molecule is CSc1nc(COc2ccccc2)c(C(=O)Nc2ccccc2)s1. The van der Waals surface area contributed by atoms with Crippen LogP contribution in [0.2, 0.25) is 0 Å². The van der Waals surface area contributed by atoms with Crippen LogP contribution >= 0.6 is 23.1 Å². The molecule has 0 spiro atoms. The van der Waals surface area contributed by atoms with Crippen LogP contribution < -0.4 is 10.1 Å². The summed E-state index contributed by atoms with van der Waals surface area (Å²) in [5.41, 5.74) is 1.41. The first-order valence-corrected chi connectivity index (χ1v) is 9.38. The van der Waals surface area contributed by atoms with E-state index in [9.17, 15) is 4.79 Å². The Hall–Kier alpha value is -2.31. The molecule has 0 radical (unpaired) electrons. The summed E-state index contributed by atoms with van der Waals surface area (Å²) in [6.45, 7) is 0.263. The summed E-state index contributed by atoms with van der Waals surface area (Å²) in [4.78, 5) is 17.7. The standard InChI is InChI=1S/C18H16N2O2S2/c1-23-18-20-15(12-22-14-10-6-3-7-11-14)16(24-18)17(21)19-13-8-4-2-5-9-13/h2-11H,12H2,1H3,(H,19,21). The van der Waals surface area contributed by atoms with Gasteiger partial charge in [0, 0.05) is 5.69 Å². The van der Waals surface area contributed by atoms with Gasteiger partial charge in [-0.3, -0.25) is 4.79 Å². The highest BCUT2D eigenvalue weighted by atomic mass is 32.2. The third-order valence-corrected chi connectivity index (χ3v) is 5.29. The van der Waals surface area contributed by atoms with Gasteiger partial charge >= 0.3 is 0 Å². The molecule has 0 bridgehead atoms. The van der Waals surface area contributed by atoms with Gasteiger partial charge < -0.3 is 10.1 Å². The van der Waals surface area contributed by atoms with Gasteiger partial charge in [0.05, 0.1) is 0 Å². The van der Waals surface area contributed by atoms with Gasteiger partial charge in [-0.1, -0.05) is 48.2 Å². The van der Waals surface area contributed by atoms with Crippen molar-refractivity contribution in [3.63, 3.8) is 0 Å². The minimum absolute atomic E-state index is 0.161. The van der Waals surface area contributed by atoms with Crippen molar-refractivity contribution in [3.05, 3.63) is 71.2 Å². The number of para-hydroxylation sites is 2. The Kier molecular flexibility index (Phi) is 5.51. The zero-order valence-electron chi connectivity index (χ0n) is 13.1. The Morgan fingerprint density at radius 3 is 2.46 bits per heavy atom. The number of benzene rings is 2. The number of thioether (sulfide) groups is 1. The predicted molar refractivity (Wildman–Crippen MR) is 99.1 cm³/mol. The van der Waals surface area contributed by atoms with Crippen molar-refractivity contribution in [1.82, 2.24) is 4.98 Å². The molecule has 0 atom stereocenters. The lowest BCUT2D eigenvalue weighted by Gasteiger charge is -2.07. The van der Waals surface area contributed by atoms with E-state index in [-0.39, 0.29) is 12.5 Å². The van der Waals surface area contributed by atoms with Crippen LogP contribution in [-0.2, 0) is 6.61 Å². The molecule has 0 aliphatic carbocycles. The number of amides is 1. The maximum absolute atomic E-state index is 12.6. The summed E-state index contributed by atoms with van der Waals surface area (Å²) in [5, 5.41) is 2.90. The van der Waals surface area contributed by atoms with Gasteiger partial charge in [0.15, 0.2) is 4.34 Å². The van der Waals surface area contributed by atoms with Crippen LogP contribution in [0.5, 0.6) is 5.75 Å². The maximum Gasteiger partial charge on any atom is 0.267 e. The minimum atomic E-state index is -0.161. The largest absolute Gasteiger partial charge is 0.487 e. The van der Waals surface area contributed by atoms with Gasteiger partial charge in [0.1, 0.15) is 22.9 Å². The molecule has 0 unspecified atom stereocenters. The molecule has 3 rings (SSSR count). The topological polar surface area (TPSA) is 51.2 Å². The van der Waals surface area contributed by atoms with E-state index in [0.29, 0.717) is 10.6 Å². The monoisotopic (exact) mass is 356 g/mol. The number of anilines is 1. The van der Waals surface area contributed by atoms with Crippen molar-refractivity contribution in [2.24, 2.45) is 0 Å². The molecule has 6 heteroatoms. The summed E-state index contributed by atoms with van der Waals surface area (Å²) in [5.74, 6) is 0.594. The summed E-state index contributed by atoms with van der Waals surface area (Å²) >= 11 is 2.90. The highest BCUT2D eigenvalue weighted by molar-refractivity contribution is 8.00. The summed E-state index contributed by atoms with van der Waals surface area (Å²) < 4.78 is 6.59. The Labute approximate surface area is 148 Å². The van der Waals surface area contributed by atoms with Crippen molar-refractivity contribution in [2.75, 3.05) is 11.6 Å². The second kappa shape index (κ2) is 7.99. The van der Waals surface area contributed by atoms with Crippen molar-refractivity contribution in [1.29, 1.82) is 0 Å². The molecule has 0 saturated heterocycles. The Morgan fingerprint density at radius 2 is 1.79 bits per heavy atom. The summed E-state index contributed by atoms with van der Waals surface area (Å²) in [6.07, 6.45) is 1.94. The summed E-state index contributed by atoms with van der Waals surface area (Å²) in [7, 11) is 0. The second-order valence-corrected chi connectivity index (χ2v) is 6.93. The predicted octanol–water partition coefficient (Wildman–Crippen LogP) is 4.70. The molecule has 4 nitrogen and oxygen atoms in total. The fraction of sp³-hybridized carbons (Fsp3) is 0.111. The number of rotatable bonds is 6. The molecule has 1 N–H and O–H groups in total. The molecule has 122 valence electrons. The maximum atomic E-state index is 12.6. The number of thiazole rings is 1. The number of carbonyl (C=O) groups is 1. The third-order valence-electron chi connectivity index (χ3n) is 3.21. The van der Waals surface area contributed by atoms with E-state index in [1.54, 1.807) is 0 Å². The van der Waals surface area contributed by atoms with Crippen LogP contribution in [0.1, 0.15) is 15.4 Å². The van der Waals surface area contributed by atoms with Crippen LogP contribution in [0.15, 0.2) is 65.0 Å². The lowest BCUT2D eigenvalue weighted by atomic mass is 10.3. The van der Waals surface area contributed by atoms with Crippen LogP contribution in [-0.4, -0.2) is 17.1 Å². The first-order chi connectivity index (χ1) is 11.8. The number of aromatic nitrogens is 1. The number of carbonyl (C=O) groups excluding carboxylic acids is 1. The number of hydrogen-bond donors (Lipinski definition) is 1. The zero-order valence-corrected chi connectivity index (χ0v) is 14.7. The van der Waals surface area contributed by atoms with E-state index < -0.39 is 0 Å². The first-order valence-electron chi connectivity index (χ1n) is 7.34. The van der Waals surface area contributed by atoms with E-state index >= 15 is 0 Å². The first kappa shape index (κ1) is 16.5. The van der Waals surface area contributed by atoms with Gasteiger partial charge in [-0.15, -0.1) is 11.3 Å². The van der Waals surface area contributed by atoms with E-state index in [1.165, 1.54) is 23.1 Å². The molecule has 3 aromatic rings. The zero-order chi connectivity index (χ0) is 16.8. The average molecular weight is 356 g/mol. The van der Waals surface area contributed by atoms with Gasteiger partial charge in [-0.2, -0.15) is 0 Å². The fourth-order valence-corrected chi connectivity index (χ4v) is 3.55. The molecule has 1 heterocycles. The van der Waals surface area contributed by atoms with E-state index in [0.717, 1.165) is 15.8 Å². The van der Waals surface area contributed by atoms with Gasteiger partial charge in [-0.05, 0) is 30.5 Å². The normalized spacial score (nSPS) is 10.4. The molecule has 0 saturated carbocycles. The molecule has 24 heavy (non-hydrogen) atoms. The van der Waals surface area contributed by atoms with Gasteiger partial charge in [-0.25, -0.2) is 4.98 Å². The van der Waals surface area contributed by atoms with Crippen LogP contribution in [0.25, 0.3) is 0 Å². The fourth-order valence-electron chi connectivity index (χ4n) is 2.07. The lowest BCUT2D eigenvalue weighted by Crippen LogP contribution is -2.13. The summed E-state index contributed by atoms with van der Waals surface area (Å²) in [6, 6.07) is 18.9. The number of nitrogens with zero attached hydrogens (tertiary/aromatic N) is 1. The molecule has 0 aliphatic heterocycles. The smallest absolute Gasteiger partial charge is 0.267 e. The Balaban J connectivity index is 1.76. The van der Waals surface area contributed by atoms with Gasteiger partial charge in [0.2, 0.25) is 0 Å². The highest BCUT2D eigenvalue weighted by Crippen LogP contribution is 2.27. The lowest BCUT2D eigenvalue weighted by molar-refractivity contribution is 0.102. The quantitative estimate of drug-likeness (QED) is 0.651. The van der Waals surface area contributed by atoms with Gasteiger partial charge in [0.25, 0.3) is 5.91 Å². The molecular weight excluding hydrogens is 340 g/mol. The number of hydrogen-bond acceptors (Lipinski definition) is 5. The Morgan fingerprint density at radius 1 is 1.12 bits per heavy atom. The second-order valence-electron chi connectivity index (χ2n) is 4.88. The molecule has 1 amide bonds. The third kappa shape index (κ3) is 4.15. The molecule has 1 aromatic heterocycles. The number of nitrogens with one attached hydrogen (secondary N) is 1. The van der Waals surface area contributed by atoms with Crippen molar-refractivity contribution in [2.45, 2.75) is 10.9 Å². The van der Waals surface area contributed by atoms with Crippen molar-refractivity contribution >= 4 is 34.7 Å². The molecular formula is C18H16N2O2S2. The molecule has 2 aromatic carbocycles. The Bertz CT molecular complexity index is 804.